The first-order valence-corrected chi connectivity index (χ1v) is 13.1. The van der Waals surface area contributed by atoms with Gasteiger partial charge in [0.05, 0.1) is 37.6 Å². The average molecular weight is 565 g/mol. The molecule has 3 aromatic carbocycles. The second kappa shape index (κ2) is 10.5. The van der Waals surface area contributed by atoms with E-state index in [0.29, 0.717) is 29.1 Å². The third-order valence-electron chi connectivity index (χ3n) is 5.83. The number of anilines is 2. The second-order valence-corrected chi connectivity index (χ2v) is 10.6. The molecular formula is C25H22Cl2N2O7S. The highest BCUT2D eigenvalue weighted by molar-refractivity contribution is 7.93. The molecule has 0 aromatic heterocycles. The number of esters is 1. The van der Waals surface area contributed by atoms with Gasteiger partial charge in [0.1, 0.15) is 16.4 Å². The topological polar surface area (TPSA) is 111 Å². The molecule has 37 heavy (non-hydrogen) atoms. The summed E-state index contributed by atoms with van der Waals surface area (Å²) in [6.07, 6.45) is 0.382. The molecule has 194 valence electrons. The van der Waals surface area contributed by atoms with E-state index in [9.17, 15) is 18.0 Å². The van der Waals surface area contributed by atoms with E-state index in [2.05, 4.69) is 10.1 Å². The molecule has 1 heterocycles. The smallest absolute Gasteiger partial charge is 0.339 e. The van der Waals surface area contributed by atoms with Gasteiger partial charge in [0.25, 0.3) is 15.9 Å². The van der Waals surface area contributed by atoms with E-state index < -0.39 is 21.9 Å². The Bertz CT molecular complexity index is 1510. The van der Waals surface area contributed by atoms with Gasteiger partial charge in [-0.1, -0.05) is 23.2 Å². The lowest BCUT2D eigenvalue weighted by atomic mass is 10.1. The van der Waals surface area contributed by atoms with Crippen molar-refractivity contribution < 1.29 is 32.2 Å². The molecule has 0 aliphatic carbocycles. The van der Waals surface area contributed by atoms with Crippen LogP contribution in [0, 0.1) is 0 Å². The summed E-state index contributed by atoms with van der Waals surface area (Å²) in [5, 5.41) is 3.04. The highest BCUT2D eigenvalue weighted by Crippen LogP contribution is 2.41. The molecule has 0 bridgehead atoms. The number of benzene rings is 3. The third kappa shape index (κ3) is 5.04. The summed E-state index contributed by atoms with van der Waals surface area (Å²) < 4.78 is 43.9. The summed E-state index contributed by atoms with van der Waals surface area (Å²) in [6, 6.07) is 11.7. The maximum atomic E-state index is 13.6. The van der Waals surface area contributed by atoms with Crippen LogP contribution in [-0.4, -0.2) is 48.2 Å². The van der Waals surface area contributed by atoms with Crippen LogP contribution in [0.3, 0.4) is 0 Å². The Kier molecular flexibility index (Phi) is 7.54. The van der Waals surface area contributed by atoms with Crippen molar-refractivity contribution in [1.82, 2.24) is 0 Å². The van der Waals surface area contributed by atoms with Crippen molar-refractivity contribution in [2.45, 2.75) is 11.3 Å². The first kappa shape index (κ1) is 26.6. The molecule has 0 unspecified atom stereocenters. The maximum absolute atomic E-state index is 13.6. The van der Waals surface area contributed by atoms with E-state index in [1.807, 2.05) is 0 Å². The molecule has 0 spiro atoms. The summed E-state index contributed by atoms with van der Waals surface area (Å²) in [5.41, 5.74) is 1.59. The fraction of sp³-hybridized carbons (Fsp3) is 0.200. The molecule has 1 amide bonds. The first-order valence-electron chi connectivity index (χ1n) is 10.9. The van der Waals surface area contributed by atoms with E-state index in [1.54, 1.807) is 0 Å². The Morgan fingerprint density at radius 2 is 1.68 bits per heavy atom. The molecular weight excluding hydrogens is 543 g/mol. The summed E-state index contributed by atoms with van der Waals surface area (Å²) in [6.45, 7) is 0.138. The lowest BCUT2D eigenvalue weighted by Crippen LogP contribution is -2.29. The SMILES string of the molecule is COC(=O)c1ccc(NC(=O)c2cc(OC)c3c(c2)N(S(=O)(=O)c2cc(Cl)ccc2OC)CC3)cc1Cl. The third-order valence-corrected chi connectivity index (χ3v) is 8.21. The zero-order valence-corrected chi connectivity index (χ0v) is 22.3. The van der Waals surface area contributed by atoms with Crippen molar-refractivity contribution in [2.24, 2.45) is 0 Å². The van der Waals surface area contributed by atoms with Crippen molar-refractivity contribution >= 4 is 56.5 Å². The van der Waals surface area contributed by atoms with Crippen LogP contribution in [0.5, 0.6) is 11.5 Å². The Labute approximate surface area is 223 Å². The van der Waals surface area contributed by atoms with Gasteiger partial charge < -0.3 is 19.5 Å². The van der Waals surface area contributed by atoms with E-state index in [0.717, 1.165) is 0 Å². The molecule has 0 radical (unpaired) electrons. The Morgan fingerprint density at radius 3 is 2.32 bits per heavy atom. The number of rotatable bonds is 7. The number of carbonyl (C=O) groups is 2. The van der Waals surface area contributed by atoms with Crippen LogP contribution < -0.4 is 19.1 Å². The molecule has 0 saturated carbocycles. The minimum atomic E-state index is -4.09. The highest BCUT2D eigenvalue weighted by Gasteiger charge is 2.35. The first-order chi connectivity index (χ1) is 17.6. The van der Waals surface area contributed by atoms with Gasteiger partial charge in [-0.3, -0.25) is 9.10 Å². The molecule has 0 fully saturated rings. The number of ether oxygens (including phenoxy) is 3. The van der Waals surface area contributed by atoms with E-state index in [-0.39, 0.29) is 38.4 Å². The number of hydrogen-bond acceptors (Lipinski definition) is 7. The van der Waals surface area contributed by atoms with Gasteiger partial charge in [-0.25, -0.2) is 13.2 Å². The van der Waals surface area contributed by atoms with Gasteiger partial charge in [-0.15, -0.1) is 0 Å². The molecule has 4 rings (SSSR count). The van der Waals surface area contributed by atoms with Gasteiger partial charge in [0.2, 0.25) is 0 Å². The predicted molar refractivity (Wildman–Crippen MR) is 140 cm³/mol. The standard InChI is InChI=1S/C25H22Cl2N2O7S/c1-34-21-7-4-15(26)12-23(21)37(32,33)29-9-8-18-20(29)10-14(11-22(18)35-2)24(30)28-16-5-6-17(19(27)13-16)25(31)36-3/h4-7,10-13H,8-9H2,1-3H3,(H,28,30). The minimum absolute atomic E-state index is 0.0930. The number of sulfonamides is 1. The number of hydrogen-bond donors (Lipinski definition) is 1. The van der Waals surface area contributed by atoms with Gasteiger partial charge >= 0.3 is 5.97 Å². The monoisotopic (exact) mass is 564 g/mol. The molecule has 12 heteroatoms. The lowest BCUT2D eigenvalue weighted by Gasteiger charge is -2.22. The quantitative estimate of drug-likeness (QED) is 0.410. The zero-order chi connectivity index (χ0) is 26.9. The number of amides is 1. The molecule has 0 saturated heterocycles. The van der Waals surface area contributed by atoms with E-state index >= 15 is 0 Å². The molecule has 1 N–H and O–H groups in total. The number of methoxy groups -OCH3 is 3. The zero-order valence-electron chi connectivity index (χ0n) is 20.0. The van der Waals surface area contributed by atoms with E-state index in [4.69, 9.17) is 32.7 Å². The van der Waals surface area contributed by atoms with Crippen LogP contribution >= 0.6 is 23.2 Å². The Hall–Kier alpha value is -3.47. The molecule has 3 aromatic rings. The minimum Gasteiger partial charge on any atom is -0.496 e. The summed E-state index contributed by atoms with van der Waals surface area (Å²) in [4.78, 5) is 24.8. The van der Waals surface area contributed by atoms with Crippen LogP contribution in [0.2, 0.25) is 10.0 Å². The molecule has 1 aliphatic rings. The van der Waals surface area contributed by atoms with Crippen LogP contribution in [0.1, 0.15) is 26.3 Å². The van der Waals surface area contributed by atoms with Gasteiger partial charge in [-0.05, 0) is 55.0 Å². The van der Waals surface area contributed by atoms with Crippen LogP contribution in [0.15, 0.2) is 53.4 Å². The summed E-state index contributed by atoms with van der Waals surface area (Å²) in [5.74, 6) is -0.625. The largest absolute Gasteiger partial charge is 0.496 e. The van der Waals surface area contributed by atoms with Crippen molar-refractivity contribution in [3.8, 4) is 11.5 Å². The number of fused-ring (bicyclic) bond motifs is 1. The van der Waals surface area contributed by atoms with Crippen LogP contribution in [0.25, 0.3) is 0 Å². The number of carbonyl (C=O) groups excluding carboxylic acids is 2. The average Bonchev–Trinajstić information content (AvgIpc) is 3.32. The van der Waals surface area contributed by atoms with Crippen LogP contribution in [-0.2, 0) is 21.2 Å². The maximum Gasteiger partial charge on any atom is 0.339 e. The Morgan fingerprint density at radius 1 is 0.946 bits per heavy atom. The van der Waals surface area contributed by atoms with Crippen molar-refractivity contribution in [2.75, 3.05) is 37.5 Å². The molecule has 0 atom stereocenters. The van der Waals surface area contributed by atoms with Gasteiger partial charge in [0, 0.05) is 28.4 Å². The molecule has 9 nitrogen and oxygen atoms in total. The van der Waals surface area contributed by atoms with Crippen LogP contribution in [0.4, 0.5) is 11.4 Å². The highest BCUT2D eigenvalue weighted by atomic mass is 35.5. The number of halogens is 2. The fourth-order valence-corrected chi connectivity index (χ4v) is 6.21. The Balaban J connectivity index is 1.71. The van der Waals surface area contributed by atoms with E-state index in [1.165, 1.54) is 74.2 Å². The number of nitrogens with one attached hydrogen (secondary N) is 1. The lowest BCUT2D eigenvalue weighted by molar-refractivity contribution is 0.0601. The van der Waals surface area contributed by atoms with Crippen molar-refractivity contribution in [3.05, 3.63) is 75.3 Å². The number of nitrogens with zero attached hydrogens (tertiary/aromatic N) is 1. The van der Waals surface area contributed by atoms with Gasteiger partial charge in [0.15, 0.2) is 0 Å². The van der Waals surface area contributed by atoms with Crippen molar-refractivity contribution in [1.29, 1.82) is 0 Å². The second-order valence-electron chi connectivity index (χ2n) is 7.94. The fourth-order valence-electron chi connectivity index (χ4n) is 4.04. The van der Waals surface area contributed by atoms with Gasteiger partial charge in [-0.2, -0.15) is 0 Å². The predicted octanol–water partition coefficient (Wildman–Crippen LogP) is 4.80. The molecule has 1 aliphatic heterocycles. The summed E-state index contributed by atoms with van der Waals surface area (Å²) >= 11 is 12.2. The van der Waals surface area contributed by atoms with Crippen molar-refractivity contribution in [3.63, 3.8) is 0 Å². The summed E-state index contributed by atoms with van der Waals surface area (Å²) in [7, 11) is -0.0369. The normalized spacial score (nSPS) is 12.6.